The van der Waals surface area contributed by atoms with E-state index in [1.807, 2.05) is 13.8 Å². The van der Waals surface area contributed by atoms with Gasteiger partial charge in [-0.3, -0.25) is 4.72 Å². The number of nitrogens with one attached hydrogen (secondary N) is 2. The lowest BCUT2D eigenvalue weighted by atomic mass is 10.3. The van der Waals surface area contributed by atoms with Crippen LogP contribution in [0.5, 0.6) is 0 Å². The molecule has 5 nitrogen and oxygen atoms in total. The Kier molecular flexibility index (Phi) is 3.77. The molecular formula is C12H15N3O2S2. The fourth-order valence-corrected chi connectivity index (χ4v) is 3.86. The molecule has 0 aliphatic carbocycles. The molecule has 0 fully saturated rings. The molecule has 0 atom stereocenters. The molecule has 102 valence electrons. The number of hydrogen-bond donors (Lipinski definition) is 2. The maximum atomic E-state index is 12.3. The van der Waals surface area contributed by atoms with Crippen molar-refractivity contribution < 1.29 is 8.42 Å². The summed E-state index contributed by atoms with van der Waals surface area (Å²) in [5, 5.41) is 3.26. The fourth-order valence-electron chi connectivity index (χ4n) is 1.59. The minimum Gasteiger partial charge on any atom is -0.387 e. The summed E-state index contributed by atoms with van der Waals surface area (Å²) in [6.07, 6.45) is 0. The van der Waals surface area contributed by atoms with Gasteiger partial charge in [0, 0.05) is 11.9 Å². The van der Waals surface area contributed by atoms with Gasteiger partial charge in [0.2, 0.25) is 0 Å². The molecule has 0 unspecified atom stereocenters. The van der Waals surface area contributed by atoms with E-state index in [-0.39, 0.29) is 4.90 Å². The molecule has 0 saturated carbocycles. The molecule has 0 aliphatic heterocycles. The van der Waals surface area contributed by atoms with Crippen molar-refractivity contribution in [1.82, 2.24) is 4.98 Å². The molecule has 0 saturated heterocycles. The number of rotatable bonds is 4. The van der Waals surface area contributed by atoms with Gasteiger partial charge in [0.1, 0.15) is 4.90 Å². The summed E-state index contributed by atoms with van der Waals surface area (Å²) in [4.78, 5) is 5.39. The SMILES string of the molecule is CNc1ccccc1S(=O)(=O)Nc1nc(C)c(C)s1. The maximum Gasteiger partial charge on any atom is 0.265 e. The Hall–Kier alpha value is -1.60. The first-order valence-corrected chi connectivity index (χ1v) is 7.97. The van der Waals surface area contributed by atoms with E-state index < -0.39 is 10.0 Å². The molecule has 0 radical (unpaired) electrons. The van der Waals surface area contributed by atoms with Crippen LogP contribution in [-0.4, -0.2) is 20.4 Å². The van der Waals surface area contributed by atoms with E-state index in [1.54, 1.807) is 31.3 Å². The monoisotopic (exact) mass is 297 g/mol. The van der Waals surface area contributed by atoms with E-state index in [2.05, 4.69) is 15.0 Å². The number of hydrogen-bond acceptors (Lipinski definition) is 5. The number of aromatic nitrogens is 1. The molecular weight excluding hydrogens is 282 g/mol. The molecule has 7 heteroatoms. The summed E-state index contributed by atoms with van der Waals surface area (Å²) in [5.74, 6) is 0. The van der Waals surface area contributed by atoms with Gasteiger partial charge in [-0.15, -0.1) is 11.3 Å². The van der Waals surface area contributed by atoms with Crippen LogP contribution in [0.4, 0.5) is 10.8 Å². The van der Waals surface area contributed by atoms with Gasteiger partial charge in [0.15, 0.2) is 5.13 Å². The largest absolute Gasteiger partial charge is 0.387 e. The van der Waals surface area contributed by atoms with Crippen LogP contribution in [0.1, 0.15) is 10.6 Å². The number of sulfonamides is 1. The minimum atomic E-state index is -3.62. The van der Waals surface area contributed by atoms with Crippen molar-refractivity contribution in [2.45, 2.75) is 18.7 Å². The van der Waals surface area contributed by atoms with E-state index in [9.17, 15) is 8.42 Å². The molecule has 1 heterocycles. The van der Waals surface area contributed by atoms with Crippen LogP contribution in [0.15, 0.2) is 29.2 Å². The number of nitrogens with zero attached hydrogens (tertiary/aromatic N) is 1. The third-order valence-electron chi connectivity index (χ3n) is 2.70. The highest BCUT2D eigenvalue weighted by Crippen LogP contribution is 2.26. The standard InChI is InChI=1S/C12H15N3O2S2/c1-8-9(2)18-12(14-8)15-19(16,17)11-7-5-4-6-10(11)13-3/h4-7,13H,1-3H3,(H,14,15). The Morgan fingerprint density at radius 2 is 1.89 bits per heavy atom. The summed E-state index contributed by atoms with van der Waals surface area (Å²) in [7, 11) is -1.94. The molecule has 0 amide bonds. The lowest BCUT2D eigenvalue weighted by molar-refractivity contribution is 0.601. The highest BCUT2D eigenvalue weighted by molar-refractivity contribution is 7.93. The second-order valence-corrected chi connectivity index (χ2v) is 6.87. The van der Waals surface area contributed by atoms with Crippen molar-refractivity contribution in [1.29, 1.82) is 0 Å². The molecule has 2 N–H and O–H groups in total. The summed E-state index contributed by atoms with van der Waals surface area (Å²) >= 11 is 1.33. The second kappa shape index (κ2) is 5.18. The number of benzene rings is 1. The zero-order valence-electron chi connectivity index (χ0n) is 10.9. The molecule has 2 aromatic rings. The Bertz CT molecular complexity index is 673. The molecule has 0 spiro atoms. The van der Waals surface area contributed by atoms with Gasteiger partial charge < -0.3 is 5.32 Å². The van der Waals surface area contributed by atoms with Gasteiger partial charge in [0.25, 0.3) is 10.0 Å². The highest BCUT2D eigenvalue weighted by atomic mass is 32.2. The quantitative estimate of drug-likeness (QED) is 0.910. The molecule has 1 aromatic carbocycles. The average molecular weight is 297 g/mol. The zero-order valence-corrected chi connectivity index (χ0v) is 12.5. The lowest BCUT2D eigenvalue weighted by Crippen LogP contribution is -2.14. The molecule has 0 aliphatic rings. The summed E-state index contributed by atoms with van der Waals surface area (Å²) in [6, 6.07) is 6.74. The molecule has 1 aromatic heterocycles. The van der Waals surface area contributed by atoms with Gasteiger partial charge >= 0.3 is 0 Å². The number of para-hydroxylation sites is 1. The topological polar surface area (TPSA) is 71.1 Å². The van der Waals surface area contributed by atoms with Crippen molar-refractivity contribution >= 4 is 32.2 Å². The van der Waals surface area contributed by atoms with Crippen molar-refractivity contribution in [3.05, 3.63) is 34.8 Å². The zero-order chi connectivity index (χ0) is 14.0. The Morgan fingerprint density at radius 1 is 1.21 bits per heavy atom. The Balaban J connectivity index is 2.37. The van der Waals surface area contributed by atoms with Crippen LogP contribution < -0.4 is 10.0 Å². The predicted molar refractivity (Wildman–Crippen MR) is 78.4 cm³/mol. The van der Waals surface area contributed by atoms with Crippen molar-refractivity contribution in [2.75, 3.05) is 17.1 Å². The van der Waals surface area contributed by atoms with E-state index in [0.29, 0.717) is 10.8 Å². The van der Waals surface area contributed by atoms with Gasteiger partial charge in [-0.05, 0) is 26.0 Å². The van der Waals surface area contributed by atoms with Crippen molar-refractivity contribution in [3.8, 4) is 0 Å². The van der Waals surface area contributed by atoms with Gasteiger partial charge in [-0.25, -0.2) is 13.4 Å². The van der Waals surface area contributed by atoms with E-state index in [4.69, 9.17) is 0 Å². The van der Waals surface area contributed by atoms with E-state index in [0.717, 1.165) is 10.6 Å². The first kappa shape index (κ1) is 13.8. The van der Waals surface area contributed by atoms with Crippen molar-refractivity contribution in [3.63, 3.8) is 0 Å². The normalized spacial score (nSPS) is 11.3. The van der Waals surface area contributed by atoms with E-state index >= 15 is 0 Å². The maximum absolute atomic E-state index is 12.3. The Labute approximate surface area is 116 Å². The van der Waals surface area contributed by atoms with Gasteiger partial charge in [-0.2, -0.15) is 0 Å². The second-order valence-electron chi connectivity index (χ2n) is 4.01. The molecule has 19 heavy (non-hydrogen) atoms. The smallest absolute Gasteiger partial charge is 0.265 e. The summed E-state index contributed by atoms with van der Waals surface area (Å²) < 4.78 is 27.1. The van der Waals surface area contributed by atoms with Crippen molar-refractivity contribution in [2.24, 2.45) is 0 Å². The third-order valence-corrected chi connectivity index (χ3v) is 5.21. The van der Waals surface area contributed by atoms with Gasteiger partial charge in [-0.1, -0.05) is 12.1 Å². The fraction of sp³-hybridized carbons (Fsp3) is 0.250. The van der Waals surface area contributed by atoms with Crippen LogP contribution in [-0.2, 0) is 10.0 Å². The summed E-state index contributed by atoms with van der Waals surface area (Å²) in [5.41, 5.74) is 1.39. The minimum absolute atomic E-state index is 0.211. The van der Waals surface area contributed by atoms with Crippen LogP contribution in [0.25, 0.3) is 0 Å². The predicted octanol–water partition coefficient (Wildman–Crippen LogP) is 2.60. The number of thiazole rings is 1. The third kappa shape index (κ3) is 2.87. The summed E-state index contributed by atoms with van der Waals surface area (Å²) in [6.45, 7) is 3.76. The highest BCUT2D eigenvalue weighted by Gasteiger charge is 2.19. The van der Waals surface area contributed by atoms with Crippen LogP contribution >= 0.6 is 11.3 Å². The first-order valence-electron chi connectivity index (χ1n) is 5.67. The van der Waals surface area contributed by atoms with Crippen LogP contribution in [0.2, 0.25) is 0 Å². The first-order chi connectivity index (χ1) is 8.94. The average Bonchev–Trinajstić information content (AvgIpc) is 2.67. The van der Waals surface area contributed by atoms with Gasteiger partial charge in [0.05, 0.1) is 11.4 Å². The number of anilines is 2. The van der Waals surface area contributed by atoms with Crippen LogP contribution in [0.3, 0.4) is 0 Å². The van der Waals surface area contributed by atoms with E-state index in [1.165, 1.54) is 11.3 Å². The van der Waals surface area contributed by atoms with Crippen LogP contribution in [0, 0.1) is 13.8 Å². The molecule has 2 rings (SSSR count). The molecule has 0 bridgehead atoms. The Morgan fingerprint density at radius 3 is 2.47 bits per heavy atom. The number of aryl methyl sites for hydroxylation is 2. The lowest BCUT2D eigenvalue weighted by Gasteiger charge is -2.09.